The van der Waals surface area contributed by atoms with Crippen LogP contribution in [0.5, 0.6) is 0 Å². The van der Waals surface area contributed by atoms with Crippen molar-refractivity contribution < 1.29 is 14.7 Å². The molecule has 0 saturated carbocycles. The van der Waals surface area contributed by atoms with Gasteiger partial charge in [-0.1, -0.05) is 24.9 Å². The smallest absolute Gasteiger partial charge is 0.329 e. The first kappa shape index (κ1) is 14.3. The monoisotopic (exact) mass is 301 g/mol. The summed E-state index contributed by atoms with van der Waals surface area (Å²) in [5.41, 5.74) is -1.04. The van der Waals surface area contributed by atoms with Crippen molar-refractivity contribution in [3.8, 4) is 0 Å². The first-order valence-corrected chi connectivity index (χ1v) is 7.51. The molecule has 2 heterocycles. The van der Waals surface area contributed by atoms with E-state index in [4.69, 9.17) is 11.6 Å². The van der Waals surface area contributed by atoms with Crippen LogP contribution in [0.2, 0.25) is 4.34 Å². The summed E-state index contributed by atoms with van der Waals surface area (Å²) in [6, 6.07) is 3.32. The molecule has 0 radical (unpaired) electrons. The quantitative estimate of drug-likeness (QED) is 0.928. The molecular weight excluding hydrogens is 286 g/mol. The highest BCUT2D eigenvalue weighted by atomic mass is 35.5. The van der Waals surface area contributed by atoms with Crippen molar-refractivity contribution in [3.05, 3.63) is 21.3 Å². The van der Waals surface area contributed by atoms with Gasteiger partial charge in [-0.3, -0.25) is 4.79 Å². The number of amides is 1. The lowest BCUT2D eigenvalue weighted by atomic mass is 9.90. The van der Waals surface area contributed by atoms with Crippen molar-refractivity contribution in [2.45, 2.75) is 38.1 Å². The molecule has 1 amide bonds. The standard InChI is InChI=1S/C13H16ClNO3S/c1-2-6-13(12(17)18)7-3-8-15(13)11(16)9-4-5-10(14)19-9/h4-5H,2-3,6-8H2,1H3,(H,17,18). The van der Waals surface area contributed by atoms with E-state index < -0.39 is 11.5 Å². The molecule has 1 aliphatic heterocycles. The third-order valence-electron chi connectivity index (χ3n) is 3.58. The minimum Gasteiger partial charge on any atom is -0.479 e. The average Bonchev–Trinajstić information content (AvgIpc) is 2.96. The molecule has 1 aromatic rings. The lowest BCUT2D eigenvalue weighted by Crippen LogP contribution is -2.52. The molecule has 1 atom stereocenters. The van der Waals surface area contributed by atoms with Gasteiger partial charge in [-0.2, -0.15) is 0 Å². The zero-order valence-corrected chi connectivity index (χ0v) is 12.3. The summed E-state index contributed by atoms with van der Waals surface area (Å²) in [6.07, 6.45) is 2.49. The van der Waals surface area contributed by atoms with Gasteiger partial charge < -0.3 is 10.0 Å². The minimum absolute atomic E-state index is 0.217. The summed E-state index contributed by atoms with van der Waals surface area (Å²) in [6.45, 7) is 2.44. The molecule has 1 unspecified atom stereocenters. The van der Waals surface area contributed by atoms with E-state index in [1.54, 1.807) is 12.1 Å². The number of carboxylic acids is 1. The van der Waals surface area contributed by atoms with Gasteiger partial charge in [0, 0.05) is 6.54 Å². The fourth-order valence-electron chi connectivity index (χ4n) is 2.74. The number of aliphatic carboxylic acids is 1. The van der Waals surface area contributed by atoms with Gasteiger partial charge >= 0.3 is 5.97 Å². The summed E-state index contributed by atoms with van der Waals surface area (Å²) < 4.78 is 0.541. The first-order valence-electron chi connectivity index (χ1n) is 6.32. The van der Waals surface area contributed by atoms with E-state index in [1.807, 2.05) is 6.92 Å². The number of hydrogen-bond acceptors (Lipinski definition) is 3. The molecule has 0 bridgehead atoms. The van der Waals surface area contributed by atoms with Crippen molar-refractivity contribution in [3.63, 3.8) is 0 Å². The van der Waals surface area contributed by atoms with Gasteiger partial charge in [0.15, 0.2) is 0 Å². The van der Waals surface area contributed by atoms with Gasteiger partial charge in [0.25, 0.3) is 5.91 Å². The Morgan fingerprint density at radius 3 is 2.79 bits per heavy atom. The number of carboxylic acid groups (broad SMARTS) is 1. The van der Waals surface area contributed by atoms with Gasteiger partial charge in [-0.05, 0) is 31.4 Å². The normalized spacial score (nSPS) is 22.7. The van der Waals surface area contributed by atoms with Gasteiger partial charge in [-0.25, -0.2) is 4.79 Å². The predicted molar refractivity (Wildman–Crippen MR) is 74.9 cm³/mol. The third-order valence-corrected chi connectivity index (χ3v) is 4.80. The molecular formula is C13H16ClNO3S. The number of nitrogens with zero attached hydrogens (tertiary/aromatic N) is 1. The molecule has 104 valence electrons. The zero-order chi connectivity index (χ0) is 14.0. The van der Waals surface area contributed by atoms with Crippen molar-refractivity contribution >= 4 is 34.8 Å². The van der Waals surface area contributed by atoms with E-state index in [-0.39, 0.29) is 5.91 Å². The van der Waals surface area contributed by atoms with Crippen LogP contribution in [0.4, 0.5) is 0 Å². The SMILES string of the molecule is CCCC1(C(=O)O)CCCN1C(=O)c1ccc(Cl)s1. The van der Waals surface area contributed by atoms with Gasteiger partial charge in [0.1, 0.15) is 5.54 Å². The van der Waals surface area contributed by atoms with Crippen LogP contribution >= 0.6 is 22.9 Å². The maximum Gasteiger partial charge on any atom is 0.329 e. The molecule has 1 aromatic heterocycles. The molecule has 1 fully saturated rings. The highest BCUT2D eigenvalue weighted by Crippen LogP contribution is 2.36. The largest absolute Gasteiger partial charge is 0.479 e. The van der Waals surface area contributed by atoms with E-state index in [2.05, 4.69) is 0 Å². The number of halogens is 1. The van der Waals surface area contributed by atoms with Crippen LogP contribution < -0.4 is 0 Å². The fraction of sp³-hybridized carbons (Fsp3) is 0.538. The van der Waals surface area contributed by atoms with Crippen LogP contribution in [0.1, 0.15) is 42.3 Å². The molecule has 0 spiro atoms. The summed E-state index contributed by atoms with van der Waals surface area (Å²) in [7, 11) is 0. The Morgan fingerprint density at radius 2 is 2.26 bits per heavy atom. The molecule has 0 aliphatic carbocycles. The Bertz CT molecular complexity index is 502. The van der Waals surface area contributed by atoms with Crippen LogP contribution in [0.15, 0.2) is 12.1 Å². The third kappa shape index (κ3) is 2.49. The van der Waals surface area contributed by atoms with Gasteiger partial charge in [0.05, 0.1) is 9.21 Å². The van der Waals surface area contributed by atoms with Crippen LogP contribution in [-0.4, -0.2) is 34.0 Å². The number of hydrogen-bond donors (Lipinski definition) is 1. The summed E-state index contributed by atoms with van der Waals surface area (Å²) in [4.78, 5) is 26.1. The number of carbonyl (C=O) groups excluding carboxylic acids is 1. The Balaban J connectivity index is 2.31. The summed E-state index contributed by atoms with van der Waals surface area (Å²) >= 11 is 7.03. The summed E-state index contributed by atoms with van der Waals surface area (Å²) in [5.74, 6) is -1.12. The predicted octanol–water partition coefficient (Wildman–Crippen LogP) is 3.26. The second kappa shape index (κ2) is 5.51. The topological polar surface area (TPSA) is 57.6 Å². The number of carbonyl (C=O) groups is 2. The number of thiophene rings is 1. The van der Waals surface area contributed by atoms with Crippen LogP contribution in [-0.2, 0) is 4.79 Å². The zero-order valence-electron chi connectivity index (χ0n) is 10.7. The van der Waals surface area contributed by atoms with E-state index in [0.29, 0.717) is 28.6 Å². The number of likely N-dealkylation sites (tertiary alicyclic amines) is 1. The highest BCUT2D eigenvalue weighted by molar-refractivity contribution is 7.18. The van der Waals surface area contributed by atoms with E-state index in [1.165, 1.54) is 16.2 Å². The molecule has 19 heavy (non-hydrogen) atoms. The molecule has 0 aromatic carbocycles. The fourth-order valence-corrected chi connectivity index (χ4v) is 3.73. The maximum atomic E-state index is 12.5. The van der Waals surface area contributed by atoms with Crippen molar-refractivity contribution in [1.82, 2.24) is 4.90 Å². The maximum absolute atomic E-state index is 12.5. The summed E-state index contributed by atoms with van der Waals surface area (Å²) in [5, 5.41) is 9.55. The van der Waals surface area contributed by atoms with E-state index in [0.717, 1.165) is 12.8 Å². The van der Waals surface area contributed by atoms with Gasteiger partial charge in [0.2, 0.25) is 0 Å². The lowest BCUT2D eigenvalue weighted by Gasteiger charge is -2.34. The second-order valence-electron chi connectivity index (χ2n) is 4.75. The molecule has 2 rings (SSSR count). The Labute approximate surface area is 121 Å². The Hall–Kier alpha value is -1.07. The number of rotatable bonds is 4. The second-order valence-corrected chi connectivity index (χ2v) is 6.47. The molecule has 1 aliphatic rings. The van der Waals surface area contributed by atoms with Crippen LogP contribution in [0.3, 0.4) is 0 Å². The van der Waals surface area contributed by atoms with Crippen molar-refractivity contribution in [2.75, 3.05) is 6.54 Å². The van der Waals surface area contributed by atoms with Crippen LogP contribution in [0.25, 0.3) is 0 Å². The van der Waals surface area contributed by atoms with Crippen LogP contribution in [0, 0.1) is 0 Å². The molecule has 1 saturated heterocycles. The highest BCUT2D eigenvalue weighted by Gasteiger charge is 2.49. The molecule has 6 heteroatoms. The molecule has 4 nitrogen and oxygen atoms in total. The Kier molecular flexibility index (Phi) is 4.16. The van der Waals surface area contributed by atoms with E-state index >= 15 is 0 Å². The Morgan fingerprint density at radius 1 is 1.53 bits per heavy atom. The lowest BCUT2D eigenvalue weighted by molar-refractivity contribution is -0.148. The minimum atomic E-state index is -1.04. The van der Waals surface area contributed by atoms with E-state index in [9.17, 15) is 14.7 Å². The average molecular weight is 302 g/mol. The van der Waals surface area contributed by atoms with Crippen molar-refractivity contribution in [2.24, 2.45) is 0 Å². The van der Waals surface area contributed by atoms with Gasteiger partial charge in [-0.15, -0.1) is 11.3 Å². The van der Waals surface area contributed by atoms with Crippen molar-refractivity contribution in [1.29, 1.82) is 0 Å². The first-order chi connectivity index (χ1) is 9.01. The molecule has 1 N–H and O–H groups in total.